The number of halogens is 3. The van der Waals surface area contributed by atoms with Crippen molar-refractivity contribution < 1.29 is 35.5 Å². The Hall–Kier alpha value is -3.31. The van der Waals surface area contributed by atoms with E-state index < -0.39 is 27.7 Å². The van der Waals surface area contributed by atoms with E-state index in [0.29, 0.717) is 0 Å². The van der Waals surface area contributed by atoms with Gasteiger partial charge in [-0.15, -0.1) is 0 Å². The number of nitrogens with one attached hydrogen (secondary N) is 1. The van der Waals surface area contributed by atoms with Gasteiger partial charge in [0.25, 0.3) is 5.91 Å². The summed E-state index contributed by atoms with van der Waals surface area (Å²) < 4.78 is 76.0. The van der Waals surface area contributed by atoms with Crippen molar-refractivity contribution in [1.82, 2.24) is 4.31 Å². The Morgan fingerprint density at radius 3 is 2.45 bits per heavy atom. The Morgan fingerprint density at radius 1 is 1.09 bits per heavy atom. The smallest absolute Gasteiger partial charge is 0.416 e. The summed E-state index contributed by atoms with van der Waals surface area (Å²) in [5, 5.41) is 2.53. The number of anilines is 1. The van der Waals surface area contributed by atoms with E-state index in [1.165, 1.54) is 56.6 Å². The minimum Gasteiger partial charge on any atom is -0.492 e. The summed E-state index contributed by atoms with van der Waals surface area (Å²) in [5.74, 6) is -0.651. The number of alkyl halides is 3. The molecule has 33 heavy (non-hydrogen) atoms. The number of hydrogen-bond donors (Lipinski definition) is 1. The van der Waals surface area contributed by atoms with Gasteiger partial charge >= 0.3 is 6.18 Å². The second-order valence-electron chi connectivity index (χ2n) is 7.08. The van der Waals surface area contributed by atoms with Crippen LogP contribution in [0.15, 0.2) is 63.9 Å². The SMILES string of the molecule is CCOc1ccc(NC(=O)c2ccc(-c3cccc(C(F)(F)F)c3)o2)cc1S(=O)(=O)N(C)C. The van der Waals surface area contributed by atoms with Gasteiger partial charge in [-0.1, -0.05) is 12.1 Å². The highest BCUT2D eigenvalue weighted by atomic mass is 32.2. The maximum atomic E-state index is 13.0. The van der Waals surface area contributed by atoms with Crippen molar-refractivity contribution in [2.75, 3.05) is 26.0 Å². The molecule has 3 rings (SSSR count). The number of carbonyl (C=O) groups is 1. The van der Waals surface area contributed by atoms with Crippen molar-refractivity contribution in [3.63, 3.8) is 0 Å². The van der Waals surface area contributed by atoms with Crippen molar-refractivity contribution in [3.05, 3.63) is 65.9 Å². The summed E-state index contributed by atoms with van der Waals surface area (Å²) in [4.78, 5) is 12.5. The van der Waals surface area contributed by atoms with E-state index in [-0.39, 0.29) is 40.0 Å². The first-order valence-electron chi connectivity index (χ1n) is 9.71. The van der Waals surface area contributed by atoms with Gasteiger partial charge in [-0.25, -0.2) is 12.7 Å². The first kappa shape index (κ1) is 24.3. The second-order valence-corrected chi connectivity index (χ2v) is 9.20. The quantitative estimate of drug-likeness (QED) is 0.519. The molecule has 0 radical (unpaired) electrons. The molecule has 0 spiro atoms. The van der Waals surface area contributed by atoms with E-state index in [9.17, 15) is 26.4 Å². The lowest BCUT2D eigenvalue weighted by Crippen LogP contribution is -2.23. The Balaban J connectivity index is 1.87. The van der Waals surface area contributed by atoms with Gasteiger partial charge in [0, 0.05) is 25.3 Å². The number of benzene rings is 2. The molecule has 11 heteroatoms. The zero-order chi connectivity index (χ0) is 24.4. The van der Waals surface area contributed by atoms with Crippen LogP contribution in [-0.4, -0.2) is 39.3 Å². The van der Waals surface area contributed by atoms with Crippen molar-refractivity contribution in [2.45, 2.75) is 18.0 Å². The zero-order valence-corrected chi connectivity index (χ0v) is 18.8. The molecule has 1 aromatic heterocycles. The fourth-order valence-electron chi connectivity index (χ4n) is 2.92. The number of rotatable bonds is 7. The normalized spacial score (nSPS) is 12.1. The van der Waals surface area contributed by atoms with Crippen molar-refractivity contribution in [1.29, 1.82) is 0 Å². The number of ether oxygens (including phenoxy) is 1. The van der Waals surface area contributed by atoms with Crippen LogP contribution in [0.1, 0.15) is 23.0 Å². The van der Waals surface area contributed by atoms with Crippen LogP contribution in [-0.2, 0) is 16.2 Å². The molecule has 1 N–H and O–H groups in total. The highest BCUT2D eigenvalue weighted by Crippen LogP contribution is 2.33. The Labute approximate surface area is 188 Å². The molecule has 0 bridgehead atoms. The van der Waals surface area contributed by atoms with Crippen LogP contribution in [0.3, 0.4) is 0 Å². The van der Waals surface area contributed by atoms with Gasteiger partial charge in [0.2, 0.25) is 10.0 Å². The zero-order valence-electron chi connectivity index (χ0n) is 17.9. The molecule has 1 heterocycles. The molecule has 0 saturated carbocycles. The van der Waals surface area contributed by atoms with Crippen molar-refractivity contribution in [3.8, 4) is 17.1 Å². The minimum absolute atomic E-state index is 0.0776. The fourth-order valence-corrected chi connectivity index (χ4v) is 3.97. The molecule has 7 nitrogen and oxygen atoms in total. The van der Waals surface area contributed by atoms with E-state index in [0.717, 1.165) is 16.4 Å². The molecular formula is C22H21F3N2O5S. The minimum atomic E-state index is -4.51. The van der Waals surface area contributed by atoms with Gasteiger partial charge in [0.1, 0.15) is 16.4 Å². The molecule has 0 saturated heterocycles. The third-order valence-corrected chi connectivity index (χ3v) is 6.40. The number of furan rings is 1. The van der Waals surface area contributed by atoms with Gasteiger partial charge in [0.15, 0.2) is 5.76 Å². The molecule has 0 aliphatic carbocycles. The average Bonchev–Trinajstić information content (AvgIpc) is 3.25. The molecule has 1 amide bonds. The molecule has 3 aromatic rings. The summed E-state index contributed by atoms with van der Waals surface area (Å²) in [6.45, 7) is 1.95. The summed E-state index contributed by atoms with van der Waals surface area (Å²) >= 11 is 0. The molecule has 0 atom stereocenters. The average molecular weight is 482 g/mol. The number of amides is 1. The number of hydrogen-bond acceptors (Lipinski definition) is 5. The third kappa shape index (κ3) is 5.37. The molecule has 176 valence electrons. The van der Waals surface area contributed by atoms with Crippen LogP contribution < -0.4 is 10.1 Å². The van der Waals surface area contributed by atoms with Gasteiger partial charge < -0.3 is 14.5 Å². The number of carbonyl (C=O) groups excluding carboxylic acids is 1. The summed E-state index contributed by atoms with van der Waals surface area (Å²) in [6, 6.07) is 11.4. The highest BCUT2D eigenvalue weighted by molar-refractivity contribution is 7.89. The predicted molar refractivity (Wildman–Crippen MR) is 116 cm³/mol. The van der Waals surface area contributed by atoms with Crippen LogP contribution >= 0.6 is 0 Å². The molecule has 0 fully saturated rings. The molecule has 0 aliphatic rings. The van der Waals surface area contributed by atoms with Crippen molar-refractivity contribution in [2.24, 2.45) is 0 Å². The van der Waals surface area contributed by atoms with Crippen LogP contribution in [0, 0.1) is 0 Å². The van der Waals surface area contributed by atoms with E-state index in [1.807, 2.05) is 0 Å². The van der Waals surface area contributed by atoms with Crippen LogP contribution in [0.4, 0.5) is 18.9 Å². The second kappa shape index (κ2) is 9.28. The van der Waals surface area contributed by atoms with Gasteiger partial charge in [-0.2, -0.15) is 13.2 Å². The lowest BCUT2D eigenvalue weighted by molar-refractivity contribution is -0.137. The molecule has 0 aliphatic heterocycles. The highest BCUT2D eigenvalue weighted by Gasteiger charge is 2.30. The summed E-state index contributed by atoms with van der Waals surface area (Å²) in [5.41, 5.74) is -0.517. The van der Waals surface area contributed by atoms with E-state index in [2.05, 4.69) is 5.32 Å². The monoisotopic (exact) mass is 482 g/mol. The lowest BCUT2D eigenvalue weighted by atomic mass is 10.1. The van der Waals surface area contributed by atoms with Crippen LogP contribution in [0.25, 0.3) is 11.3 Å². The van der Waals surface area contributed by atoms with Gasteiger partial charge in [-0.3, -0.25) is 4.79 Å². The summed E-state index contributed by atoms with van der Waals surface area (Å²) in [6.07, 6.45) is -4.51. The van der Waals surface area contributed by atoms with Gasteiger partial charge in [0.05, 0.1) is 12.2 Å². The Bertz CT molecular complexity index is 1270. The maximum Gasteiger partial charge on any atom is 0.416 e. The fraction of sp³-hybridized carbons (Fsp3) is 0.227. The molecule has 2 aromatic carbocycles. The lowest BCUT2D eigenvalue weighted by Gasteiger charge is -2.16. The third-order valence-electron chi connectivity index (χ3n) is 4.56. The molecule has 0 unspecified atom stereocenters. The number of sulfonamides is 1. The van der Waals surface area contributed by atoms with E-state index in [1.54, 1.807) is 6.92 Å². The predicted octanol–water partition coefficient (Wildman–Crippen LogP) is 4.87. The van der Waals surface area contributed by atoms with Crippen molar-refractivity contribution >= 4 is 21.6 Å². The van der Waals surface area contributed by atoms with E-state index in [4.69, 9.17) is 9.15 Å². The maximum absolute atomic E-state index is 13.0. The van der Waals surface area contributed by atoms with Crippen LogP contribution in [0.2, 0.25) is 0 Å². The standard InChI is InChI=1S/C22H21F3N2O5S/c1-4-31-18-9-8-16(13-20(18)33(29,30)27(2)3)26-21(28)19-11-10-17(32-19)14-6-5-7-15(12-14)22(23,24)25/h5-13H,4H2,1-3H3,(H,26,28). The van der Waals surface area contributed by atoms with Crippen LogP contribution in [0.5, 0.6) is 5.75 Å². The largest absolute Gasteiger partial charge is 0.492 e. The van der Waals surface area contributed by atoms with Gasteiger partial charge in [-0.05, 0) is 49.4 Å². The first-order chi connectivity index (χ1) is 15.4. The topological polar surface area (TPSA) is 88.8 Å². The summed E-state index contributed by atoms with van der Waals surface area (Å²) in [7, 11) is -1.12. The number of nitrogens with zero attached hydrogens (tertiary/aromatic N) is 1. The van der Waals surface area contributed by atoms with E-state index >= 15 is 0 Å². The first-order valence-corrected chi connectivity index (χ1v) is 11.2. The molecular weight excluding hydrogens is 461 g/mol. The Morgan fingerprint density at radius 2 is 1.82 bits per heavy atom. The Kier molecular flexibility index (Phi) is 6.84.